The van der Waals surface area contributed by atoms with Crippen molar-refractivity contribution in [2.75, 3.05) is 5.32 Å². The molecule has 1 aliphatic carbocycles. The number of amides is 1. The SMILES string of the molecule is O=C(Nc1ccncc1F)C1(c2cc(F)cc(C(F)(F)F)c2)CC1. The van der Waals surface area contributed by atoms with Crippen LogP contribution in [0.2, 0.25) is 0 Å². The quantitative estimate of drug-likeness (QED) is 0.855. The van der Waals surface area contributed by atoms with Gasteiger partial charge in [-0.3, -0.25) is 9.78 Å². The number of rotatable bonds is 3. The third-order valence-corrected chi connectivity index (χ3v) is 3.98. The predicted molar refractivity (Wildman–Crippen MR) is 75.1 cm³/mol. The van der Waals surface area contributed by atoms with Gasteiger partial charge in [0.05, 0.1) is 22.9 Å². The molecule has 1 aliphatic rings. The Labute approximate surface area is 133 Å². The summed E-state index contributed by atoms with van der Waals surface area (Å²) in [5.74, 6) is -2.52. The number of nitrogens with one attached hydrogen (secondary N) is 1. The van der Waals surface area contributed by atoms with Crippen molar-refractivity contribution in [3.63, 3.8) is 0 Å². The van der Waals surface area contributed by atoms with Crippen LogP contribution >= 0.6 is 0 Å². The van der Waals surface area contributed by atoms with E-state index in [1.807, 2.05) is 0 Å². The van der Waals surface area contributed by atoms with E-state index in [-0.39, 0.29) is 24.1 Å². The van der Waals surface area contributed by atoms with Crippen LogP contribution in [-0.4, -0.2) is 10.9 Å². The van der Waals surface area contributed by atoms with Crippen molar-refractivity contribution in [2.24, 2.45) is 0 Å². The molecule has 0 spiro atoms. The van der Waals surface area contributed by atoms with Gasteiger partial charge in [-0.15, -0.1) is 0 Å². The molecule has 0 aliphatic heterocycles. The zero-order valence-electron chi connectivity index (χ0n) is 12.1. The van der Waals surface area contributed by atoms with E-state index in [0.717, 1.165) is 18.3 Å². The van der Waals surface area contributed by atoms with Gasteiger partial charge >= 0.3 is 6.18 Å². The van der Waals surface area contributed by atoms with Gasteiger partial charge in [0.15, 0.2) is 5.82 Å². The Balaban J connectivity index is 1.93. The zero-order valence-corrected chi connectivity index (χ0v) is 12.1. The molecule has 126 valence electrons. The maximum atomic E-state index is 13.6. The molecule has 0 unspecified atom stereocenters. The lowest BCUT2D eigenvalue weighted by Crippen LogP contribution is -2.28. The molecule has 1 aromatic heterocycles. The van der Waals surface area contributed by atoms with Crippen LogP contribution in [0, 0.1) is 11.6 Å². The van der Waals surface area contributed by atoms with Gasteiger partial charge in [0.25, 0.3) is 0 Å². The van der Waals surface area contributed by atoms with E-state index < -0.39 is 34.7 Å². The van der Waals surface area contributed by atoms with Crippen molar-refractivity contribution in [3.8, 4) is 0 Å². The first-order chi connectivity index (χ1) is 11.2. The van der Waals surface area contributed by atoms with Crippen molar-refractivity contribution >= 4 is 11.6 Å². The summed E-state index contributed by atoms with van der Waals surface area (Å²) in [6, 6.07) is 3.28. The molecule has 1 aromatic carbocycles. The van der Waals surface area contributed by atoms with E-state index in [1.165, 1.54) is 12.3 Å². The van der Waals surface area contributed by atoms with Crippen LogP contribution in [0.4, 0.5) is 27.6 Å². The largest absolute Gasteiger partial charge is 0.416 e. The standard InChI is InChI=1S/C16H11F5N2O/c17-11-6-9(5-10(7-11)16(19,20)21)15(2-3-15)14(24)23-13-1-4-22-8-12(13)18/h1,4-8H,2-3H2,(H,22,23,24). The molecular weight excluding hydrogens is 331 g/mol. The van der Waals surface area contributed by atoms with Gasteiger partial charge in [0, 0.05) is 6.20 Å². The fourth-order valence-electron chi connectivity index (χ4n) is 2.52. The van der Waals surface area contributed by atoms with E-state index >= 15 is 0 Å². The van der Waals surface area contributed by atoms with Gasteiger partial charge in [0.2, 0.25) is 5.91 Å². The maximum absolute atomic E-state index is 13.6. The number of alkyl halides is 3. The van der Waals surface area contributed by atoms with Gasteiger partial charge in [-0.1, -0.05) is 0 Å². The number of nitrogens with zero attached hydrogens (tertiary/aromatic N) is 1. The summed E-state index contributed by atoms with van der Waals surface area (Å²) in [5, 5.41) is 2.33. The van der Waals surface area contributed by atoms with Crippen molar-refractivity contribution < 1.29 is 26.7 Å². The number of benzene rings is 1. The lowest BCUT2D eigenvalue weighted by Gasteiger charge is -2.18. The Morgan fingerprint density at radius 1 is 1.17 bits per heavy atom. The normalized spacial score (nSPS) is 15.9. The second-order valence-electron chi connectivity index (χ2n) is 5.62. The summed E-state index contributed by atoms with van der Waals surface area (Å²) in [7, 11) is 0. The predicted octanol–water partition coefficient (Wildman–Crippen LogP) is 4.05. The minimum atomic E-state index is -4.72. The topological polar surface area (TPSA) is 42.0 Å². The van der Waals surface area contributed by atoms with Gasteiger partial charge in [-0.2, -0.15) is 13.2 Å². The first-order valence-electron chi connectivity index (χ1n) is 7.02. The Kier molecular flexibility index (Phi) is 3.77. The summed E-state index contributed by atoms with van der Waals surface area (Å²) < 4.78 is 65.6. The second-order valence-corrected chi connectivity index (χ2v) is 5.62. The lowest BCUT2D eigenvalue weighted by atomic mass is 9.93. The highest BCUT2D eigenvalue weighted by molar-refractivity contribution is 6.01. The Bertz CT molecular complexity index is 799. The maximum Gasteiger partial charge on any atom is 0.416 e. The number of pyridine rings is 1. The molecule has 0 saturated heterocycles. The number of carbonyl (C=O) groups excluding carboxylic acids is 1. The first-order valence-corrected chi connectivity index (χ1v) is 7.02. The number of carbonyl (C=O) groups is 1. The summed E-state index contributed by atoms with van der Waals surface area (Å²) in [5.41, 5.74) is -2.64. The smallest absolute Gasteiger partial charge is 0.323 e. The van der Waals surface area contributed by atoms with Gasteiger partial charge in [-0.25, -0.2) is 8.78 Å². The molecule has 8 heteroatoms. The molecule has 0 atom stereocenters. The fraction of sp³-hybridized carbons (Fsp3) is 0.250. The molecule has 3 rings (SSSR count). The van der Waals surface area contributed by atoms with E-state index in [0.29, 0.717) is 6.07 Å². The van der Waals surface area contributed by atoms with Gasteiger partial charge in [-0.05, 0) is 42.7 Å². The molecule has 1 N–H and O–H groups in total. The highest BCUT2D eigenvalue weighted by Crippen LogP contribution is 2.50. The van der Waals surface area contributed by atoms with Crippen LogP contribution in [0.25, 0.3) is 0 Å². The van der Waals surface area contributed by atoms with Crippen LogP contribution < -0.4 is 5.32 Å². The molecule has 0 bridgehead atoms. The minimum Gasteiger partial charge on any atom is -0.323 e. The van der Waals surface area contributed by atoms with Crippen molar-refractivity contribution in [1.82, 2.24) is 4.98 Å². The number of anilines is 1. The average molecular weight is 342 g/mol. The molecule has 1 saturated carbocycles. The Hall–Kier alpha value is -2.51. The van der Waals surface area contributed by atoms with E-state index in [4.69, 9.17) is 0 Å². The second kappa shape index (κ2) is 5.54. The van der Waals surface area contributed by atoms with Crippen molar-refractivity contribution in [2.45, 2.75) is 24.4 Å². The molecule has 1 heterocycles. The molecule has 3 nitrogen and oxygen atoms in total. The summed E-state index contributed by atoms with van der Waals surface area (Å²) in [6.07, 6.45) is -2.04. The summed E-state index contributed by atoms with van der Waals surface area (Å²) in [6.45, 7) is 0. The third kappa shape index (κ3) is 2.95. The number of hydrogen-bond acceptors (Lipinski definition) is 2. The highest BCUT2D eigenvalue weighted by Gasteiger charge is 2.52. The molecule has 0 radical (unpaired) electrons. The van der Waals surface area contributed by atoms with Crippen LogP contribution in [0.3, 0.4) is 0 Å². The third-order valence-electron chi connectivity index (χ3n) is 3.98. The van der Waals surface area contributed by atoms with Crippen LogP contribution in [-0.2, 0) is 16.4 Å². The molecular formula is C16H11F5N2O. The van der Waals surface area contributed by atoms with E-state index in [2.05, 4.69) is 10.3 Å². The number of hydrogen-bond donors (Lipinski definition) is 1. The van der Waals surface area contributed by atoms with Gasteiger partial charge < -0.3 is 5.32 Å². The van der Waals surface area contributed by atoms with Crippen molar-refractivity contribution in [1.29, 1.82) is 0 Å². The lowest BCUT2D eigenvalue weighted by molar-refractivity contribution is -0.138. The van der Waals surface area contributed by atoms with Crippen LogP contribution in [0.5, 0.6) is 0 Å². The fourth-order valence-corrected chi connectivity index (χ4v) is 2.52. The number of halogens is 5. The van der Waals surface area contributed by atoms with E-state index in [9.17, 15) is 26.7 Å². The van der Waals surface area contributed by atoms with Crippen LogP contribution in [0.15, 0.2) is 36.7 Å². The minimum absolute atomic E-state index is 0.0678. The van der Waals surface area contributed by atoms with Crippen LogP contribution in [0.1, 0.15) is 24.0 Å². The average Bonchev–Trinajstić information content (AvgIpc) is 3.30. The van der Waals surface area contributed by atoms with Crippen molar-refractivity contribution in [3.05, 3.63) is 59.4 Å². The Morgan fingerprint density at radius 3 is 2.46 bits per heavy atom. The molecule has 1 fully saturated rings. The van der Waals surface area contributed by atoms with E-state index in [1.54, 1.807) is 0 Å². The highest BCUT2D eigenvalue weighted by atomic mass is 19.4. The van der Waals surface area contributed by atoms with Gasteiger partial charge in [0.1, 0.15) is 5.82 Å². The molecule has 24 heavy (non-hydrogen) atoms. The zero-order chi connectivity index (χ0) is 17.5. The molecule has 1 amide bonds. The molecule has 2 aromatic rings. The Morgan fingerprint density at radius 2 is 1.88 bits per heavy atom. The first kappa shape index (κ1) is 16.4. The monoisotopic (exact) mass is 342 g/mol. The summed E-state index contributed by atoms with van der Waals surface area (Å²) >= 11 is 0. The summed E-state index contributed by atoms with van der Waals surface area (Å²) in [4.78, 5) is 16.0. The number of aromatic nitrogens is 1.